The van der Waals surface area contributed by atoms with Gasteiger partial charge in [0, 0.05) is 24.3 Å². The summed E-state index contributed by atoms with van der Waals surface area (Å²) in [7, 11) is 1.46. The number of nitrogens with zero attached hydrogens (tertiary/aromatic N) is 2. The van der Waals surface area contributed by atoms with Crippen molar-refractivity contribution in [1.82, 2.24) is 5.43 Å². The van der Waals surface area contributed by atoms with E-state index in [4.69, 9.17) is 25.8 Å². The molecule has 0 aromatic heterocycles. The molecule has 0 aliphatic carbocycles. The minimum Gasteiger partial charge on any atom is -0.493 e. The molecule has 3 rings (SSSR count). The Morgan fingerprint density at radius 2 is 1.91 bits per heavy atom. The standard InChI is InChI=1S/C23H26ClN3O5/c1-3-31-21(28)15-32-22-19(24)12-16(13-20(22)30-2)14-25-26-23(29)17-6-8-18(9-7-17)27-10-4-5-11-27/h6-9,12-14H,3-5,10-11,15H2,1-2H3,(H,26,29)/b25-14-. The molecule has 0 radical (unpaired) electrons. The van der Waals surface area contributed by atoms with E-state index in [9.17, 15) is 9.59 Å². The fourth-order valence-corrected chi connectivity index (χ4v) is 3.59. The van der Waals surface area contributed by atoms with E-state index in [2.05, 4.69) is 15.4 Å². The second-order valence-corrected chi connectivity index (χ2v) is 7.48. The van der Waals surface area contributed by atoms with Gasteiger partial charge in [0.25, 0.3) is 5.91 Å². The first-order chi connectivity index (χ1) is 15.5. The van der Waals surface area contributed by atoms with E-state index in [-0.39, 0.29) is 29.9 Å². The number of nitrogens with one attached hydrogen (secondary N) is 1. The summed E-state index contributed by atoms with van der Waals surface area (Å²) >= 11 is 6.27. The number of benzene rings is 2. The molecule has 9 heteroatoms. The van der Waals surface area contributed by atoms with Crippen molar-refractivity contribution in [3.63, 3.8) is 0 Å². The SMILES string of the molecule is CCOC(=O)COc1c(Cl)cc(/C=N\NC(=O)c2ccc(N3CCCC3)cc2)cc1OC. The van der Waals surface area contributed by atoms with Crippen LogP contribution in [-0.4, -0.2) is 51.5 Å². The molecular weight excluding hydrogens is 434 g/mol. The van der Waals surface area contributed by atoms with Crippen molar-refractivity contribution in [2.75, 3.05) is 38.3 Å². The number of esters is 1. The van der Waals surface area contributed by atoms with Gasteiger partial charge in [-0.05, 0) is 61.7 Å². The van der Waals surface area contributed by atoms with Gasteiger partial charge in [0.1, 0.15) is 0 Å². The normalized spacial score (nSPS) is 13.3. The van der Waals surface area contributed by atoms with Gasteiger partial charge in [-0.2, -0.15) is 5.10 Å². The fourth-order valence-electron chi connectivity index (χ4n) is 3.32. The lowest BCUT2D eigenvalue weighted by atomic mass is 10.2. The molecule has 1 aliphatic heterocycles. The van der Waals surface area contributed by atoms with Crippen molar-refractivity contribution in [2.45, 2.75) is 19.8 Å². The molecule has 2 aromatic rings. The highest BCUT2D eigenvalue weighted by atomic mass is 35.5. The molecule has 1 fully saturated rings. The number of carbonyl (C=O) groups is 2. The fraction of sp³-hybridized carbons (Fsp3) is 0.348. The van der Waals surface area contributed by atoms with E-state index >= 15 is 0 Å². The zero-order chi connectivity index (χ0) is 22.9. The maximum Gasteiger partial charge on any atom is 0.344 e. The summed E-state index contributed by atoms with van der Waals surface area (Å²) in [4.78, 5) is 26.2. The second kappa shape index (κ2) is 11.4. The molecule has 8 nitrogen and oxygen atoms in total. The first-order valence-electron chi connectivity index (χ1n) is 10.4. The monoisotopic (exact) mass is 459 g/mol. The Balaban J connectivity index is 1.61. The Bertz CT molecular complexity index is 972. The lowest BCUT2D eigenvalue weighted by Gasteiger charge is -2.17. The molecule has 0 atom stereocenters. The Kier molecular flexibility index (Phi) is 8.33. The van der Waals surface area contributed by atoms with Crippen LogP contribution in [0.15, 0.2) is 41.5 Å². The molecule has 1 heterocycles. The van der Waals surface area contributed by atoms with E-state index in [0.29, 0.717) is 16.9 Å². The minimum atomic E-state index is -0.507. The second-order valence-electron chi connectivity index (χ2n) is 7.07. The van der Waals surface area contributed by atoms with Crippen LogP contribution in [0.5, 0.6) is 11.5 Å². The zero-order valence-electron chi connectivity index (χ0n) is 18.1. The predicted octanol–water partition coefficient (Wildman–Crippen LogP) is 3.65. The number of hydrogen-bond acceptors (Lipinski definition) is 7. The molecule has 0 spiro atoms. The quantitative estimate of drug-likeness (QED) is 0.350. The van der Waals surface area contributed by atoms with Gasteiger partial charge in [-0.1, -0.05) is 11.6 Å². The summed E-state index contributed by atoms with van der Waals surface area (Å²) in [5.74, 6) is -0.275. The van der Waals surface area contributed by atoms with Gasteiger partial charge >= 0.3 is 5.97 Å². The van der Waals surface area contributed by atoms with Crippen molar-refractivity contribution >= 4 is 35.4 Å². The van der Waals surface area contributed by atoms with Crippen LogP contribution in [-0.2, 0) is 9.53 Å². The third kappa shape index (κ3) is 6.13. The summed E-state index contributed by atoms with van der Waals surface area (Å²) in [6, 6.07) is 10.7. The third-order valence-electron chi connectivity index (χ3n) is 4.87. The lowest BCUT2D eigenvalue weighted by Crippen LogP contribution is -2.19. The number of carbonyl (C=O) groups excluding carboxylic acids is 2. The molecule has 1 aliphatic rings. The molecule has 2 aromatic carbocycles. The van der Waals surface area contributed by atoms with Crippen molar-refractivity contribution in [2.24, 2.45) is 5.10 Å². The van der Waals surface area contributed by atoms with Crippen LogP contribution in [0.2, 0.25) is 5.02 Å². The largest absolute Gasteiger partial charge is 0.493 e. The minimum absolute atomic E-state index is 0.224. The van der Waals surface area contributed by atoms with Crippen LogP contribution in [0.3, 0.4) is 0 Å². The molecule has 0 unspecified atom stereocenters. The highest BCUT2D eigenvalue weighted by molar-refractivity contribution is 6.32. The smallest absolute Gasteiger partial charge is 0.344 e. The molecule has 0 bridgehead atoms. The summed E-state index contributed by atoms with van der Waals surface area (Å²) in [5.41, 5.74) is 4.72. The number of methoxy groups -OCH3 is 1. The third-order valence-corrected chi connectivity index (χ3v) is 5.15. The number of rotatable bonds is 9. The van der Waals surface area contributed by atoms with Gasteiger partial charge in [-0.25, -0.2) is 10.2 Å². The van der Waals surface area contributed by atoms with Crippen LogP contribution in [0, 0.1) is 0 Å². The van der Waals surface area contributed by atoms with Crippen LogP contribution in [0.4, 0.5) is 5.69 Å². The number of halogens is 1. The van der Waals surface area contributed by atoms with Crippen molar-refractivity contribution in [3.8, 4) is 11.5 Å². The highest BCUT2D eigenvalue weighted by Crippen LogP contribution is 2.36. The van der Waals surface area contributed by atoms with Gasteiger partial charge in [-0.15, -0.1) is 0 Å². The summed E-state index contributed by atoms with van der Waals surface area (Å²) in [6.07, 6.45) is 3.84. The molecular formula is C23H26ClN3O5. The zero-order valence-corrected chi connectivity index (χ0v) is 18.9. The van der Waals surface area contributed by atoms with E-state index < -0.39 is 5.97 Å². The van der Waals surface area contributed by atoms with Gasteiger partial charge < -0.3 is 19.1 Å². The van der Waals surface area contributed by atoms with Crippen molar-refractivity contribution < 1.29 is 23.8 Å². The van der Waals surface area contributed by atoms with Crippen molar-refractivity contribution in [1.29, 1.82) is 0 Å². The summed E-state index contributed by atoms with van der Waals surface area (Å²) in [5, 5.41) is 4.23. The molecule has 1 N–H and O–H groups in total. The van der Waals surface area contributed by atoms with Gasteiger partial charge in [-0.3, -0.25) is 4.79 Å². The first kappa shape index (κ1) is 23.4. The van der Waals surface area contributed by atoms with Crippen LogP contribution < -0.4 is 19.8 Å². The number of ether oxygens (including phenoxy) is 3. The number of anilines is 1. The maximum atomic E-state index is 12.4. The topological polar surface area (TPSA) is 89.5 Å². The molecule has 170 valence electrons. The van der Waals surface area contributed by atoms with Gasteiger partial charge in [0.2, 0.25) is 0 Å². The van der Waals surface area contributed by atoms with E-state index in [0.717, 1.165) is 18.8 Å². The Hall–Kier alpha value is -3.26. The van der Waals surface area contributed by atoms with Crippen LogP contribution in [0.25, 0.3) is 0 Å². The molecule has 0 saturated carbocycles. The van der Waals surface area contributed by atoms with Gasteiger partial charge in [0.15, 0.2) is 18.1 Å². The van der Waals surface area contributed by atoms with E-state index in [1.807, 2.05) is 12.1 Å². The average Bonchev–Trinajstić information content (AvgIpc) is 3.33. The average molecular weight is 460 g/mol. The van der Waals surface area contributed by atoms with Gasteiger partial charge in [0.05, 0.1) is 25.0 Å². The van der Waals surface area contributed by atoms with E-state index in [1.165, 1.54) is 26.2 Å². The van der Waals surface area contributed by atoms with Crippen LogP contribution >= 0.6 is 11.6 Å². The molecule has 1 amide bonds. The van der Waals surface area contributed by atoms with Crippen LogP contribution in [0.1, 0.15) is 35.7 Å². The Labute approximate surface area is 192 Å². The summed E-state index contributed by atoms with van der Waals surface area (Å²) < 4.78 is 15.6. The maximum absolute atomic E-state index is 12.4. The highest BCUT2D eigenvalue weighted by Gasteiger charge is 2.15. The molecule has 1 saturated heterocycles. The summed E-state index contributed by atoms with van der Waals surface area (Å²) in [6.45, 7) is 3.78. The Morgan fingerprint density at radius 1 is 1.19 bits per heavy atom. The van der Waals surface area contributed by atoms with E-state index in [1.54, 1.807) is 31.2 Å². The lowest BCUT2D eigenvalue weighted by molar-refractivity contribution is -0.145. The van der Waals surface area contributed by atoms with Crippen molar-refractivity contribution in [3.05, 3.63) is 52.5 Å². The first-order valence-corrected chi connectivity index (χ1v) is 10.7. The Morgan fingerprint density at radius 3 is 2.56 bits per heavy atom. The predicted molar refractivity (Wildman–Crippen MR) is 123 cm³/mol. The number of hydrazone groups is 1. The molecule has 32 heavy (non-hydrogen) atoms. The number of hydrogen-bond donors (Lipinski definition) is 1. The number of amides is 1.